The van der Waals surface area contributed by atoms with Gasteiger partial charge in [0.25, 0.3) is 0 Å². The molecule has 0 aromatic carbocycles. The van der Waals surface area contributed by atoms with E-state index < -0.39 is 139 Å². The quantitative estimate of drug-likeness (QED) is 0.132. The topological polar surface area (TPSA) is 229 Å². The Kier molecular flexibility index (Phi) is 23.6. The molecule has 0 aromatic heterocycles. The predicted octanol–water partition coefficient (Wildman–Crippen LogP) is 5.69. The van der Waals surface area contributed by atoms with Gasteiger partial charge in [0.15, 0.2) is 24.7 Å². The van der Waals surface area contributed by atoms with Crippen LogP contribution in [0, 0.1) is 46.8 Å². The Hall–Kier alpha value is -2.40. The zero-order valence-corrected chi connectivity index (χ0v) is 47.6. The fourth-order valence-corrected chi connectivity index (χ4v) is 11.4. The number of aliphatic hydroxyl groups is 3. The maximum atomic E-state index is 15.3. The van der Waals surface area contributed by atoms with Gasteiger partial charge in [-0.1, -0.05) is 74.4 Å². The summed E-state index contributed by atoms with van der Waals surface area (Å²) in [5.74, 6) is -6.88. The molecule has 19 nitrogen and oxygen atoms in total. The number of ether oxygens (including phenoxy) is 10. The van der Waals surface area contributed by atoms with Crippen molar-refractivity contribution < 1.29 is 81.9 Å². The maximum absolute atomic E-state index is 15.3. The molecule has 4 fully saturated rings. The van der Waals surface area contributed by atoms with Crippen LogP contribution in [-0.4, -0.2) is 182 Å². The van der Waals surface area contributed by atoms with E-state index in [4.69, 9.17) is 52.2 Å². The third-order valence-corrected chi connectivity index (χ3v) is 15.1. The molecule has 0 spiro atoms. The van der Waals surface area contributed by atoms with E-state index in [1.54, 1.807) is 27.7 Å². The van der Waals surface area contributed by atoms with Crippen LogP contribution in [0.2, 0.25) is 0 Å². The van der Waals surface area contributed by atoms with Gasteiger partial charge in [-0.15, -0.1) is 0 Å². The van der Waals surface area contributed by atoms with E-state index in [2.05, 4.69) is 37.8 Å². The number of cyclic esters (lactones) is 1. The lowest BCUT2D eigenvalue weighted by molar-refractivity contribution is -0.305. The minimum absolute atomic E-state index is 0.00846. The first kappa shape index (κ1) is 63.1. The van der Waals surface area contributed by atoms with Crippen LogP contribution in [0.3, 0.4) is 0 Å². The molecule has 73 heavy (non-hydrogen) atoms. The minimum Gasteiger partial charge on any atom is -0.461 e. The van der Waals surface area contributed by atoms with E-state index >= 15 is 4.79 Å². The van der Waals surface area contributed by atoms with Crippen LogP contribution >= 0.6 is 0 Å². The van der Waals surface area contributed by atoms with Gasteiger partial charge >= 0.3 is 11.9 Å². The molecule has 0 amide bonds. The number of oxime groups is 1. The van der Waals surface area contributed by atoms with Crippen molar-refractivity contribution in [1.82, 2.24) is 4.90 Å². The molecule has 22 atom stereocenters. The summed E-state index contributed by atoms with van der Waals surface area (Å²) in [4.78, 5) is 51.4. The van der Waals surface area contributed by atoms with Gasteiger partial charge < -0.3 is 67.5 Å². The second kappa shape index (κ2) is 27.3. The van der Waals surface area contributed by atoms with E-state index in [-0.39, 0.29) is 49.3 Å². The lowest BCUT2D eigenvalue weighted by atomic mass is 9.74. The normalized spacial score (nSPS) is 42.2. The highest BCUT2D eigenvalue weighted by Gasteiger charge is 2.51. The third-order valence-electron chi connectivity index (χ3n) is 15.1. The fourth-order valence-electron chi connectivity index (χ4n) is 11.4. The second-order valence-corrected chi connectivity index (χ2v) is 23.9. The van der Waals surface area contributed by atoms with E-state index in [1.807, 2.05) is 48.5 Å². The second-order valence-electron chi connectivity index (χ2n) is 23.9. The Morgan fingerprint density at radius 3 is 2.05 bits per heavy atom. The van der Waals surface area contributed by atoms with Crippen molar-refractivity contribution in [2.75, 3.05) is 41.0 Å². The van der Waals surface area contributed by atoms with Crippen molar-refractivity contribution in [2.45, 2.75) is 234 Å². The van der Waals surface area contributed by atoms with E-state index in [0.29, 0.717) is 18.7 Å². The SMILES string of the molecule is CO/N=C1\C[C@@H](C)O[C@@H](O[C@@H]2[C@@H](C)[C@H](O[C@H]3CC(C)N(CC(C)(C)C)C[C@H](C)O3)[C@@H](C)C(=O)O[C@H]([C@@H](C)CO[C@@H]3O[C@H](C)[C@@H](O)[C@@H](OC)[C@H]3OC)[C@H](C)[C@@H](OC(=O)CC(C)C)[C@@H](C)C(=O)[C@@](C)(O)C[C@@H]2C)[C@@H]1O. The molecule has 424 valence electrons. The molecule has 0 saturated carbocycles. The van der Waals surface area contributed by atoms with Crippen LogP contribution in [-0.2, 0) is 66.6 Å². The molecule has 4 saturated heterocycles. The minimum atomic E-state index is -2.02. The summed E-state index contributed by atoms with van der Waals surface area (Å²) in [7, 11) is 4.32. The van der Waals surface area contributed by atoms with Crippen molar-refractivity contribution in [3.05, 3.63) is 0 Å². The number of hydrogen-bond acceptors (Lipinski definition) is 19. The van der Waals surface area contributed by atoms with Gasteiger partial charge in [0, 0.05) is 70.4 Å². The van der Waals surface area contributed by atoms with E-state index in [0.717, 1.165) is 6.54 Å². The largest absolute Gasteiger partial charge is 0.461 e. The van der Waals surface area contributed by atoms with Crippen molar-refractivity contribution >= 4 is 23.4 Å². The standard InChI is InChI=1S/C54H96N2O17/c1-27(2)20-39(57)70-45-34(9)44(29(4)25-66-52-48(64-18)47(63-17)41(58)37(12)69-52)72-50(61)36(11)46(71-40-21-30(5)56(24-32(7)67-40)26-53(13,14)15)33(8)43(28(3)23-54(16,62)49(60)35(45)10)73-51-42(59)38(55-65-19)22-31(6)68-51/h27-37,40-48,51-52,58-59,62H,20-26H2,1-19H3/b55-38+/t28-,29-,30?,31+,32-,33+,34-,35+,36+,37+,40-,41+,42+,43-,44+,45+,46-,47+,48+,51-,52+,54-/m0/s1. The zero-order chi connectivity index (χ0) is 55.0. The number of esters is 2. The van der Waals surface area contributed by atoms with Gasteiger partial charge in [-0.2, -0.15) is 0 Å². The summed E-state index contributed by atoms with van der Waals surface area (Å²) in [6, 6.07) is 0.0303. The van der Waals surface area contributed by atoms with Crippen molar-refractivity contribution in [1.29, 1.82) is 0 Å². The summed E-state index contributed by atoms with van der Waals surface area (Å²) >= 11 is 0. The monoisotopic (exact) mass is 1040 g/mol. The Morgan fingerprint density at radius 1 is 0.822 bits per heavy atom. The number of carbonyl (C=O) groups is 3. The molecule has 0 bridgehead atoms. The molecule has 0 radical (unpaired) electrons. The van der Waals surface area contributed by atoms with Crippen molar-refractivity contribution in [3.63, 3.8) is 0 Å². The van der Waals surface area contributed by atoms with Gasteiger partial charge in [-0.05, 0) is 65.2 Å². The first-order chi connectivity index (χ1) is 33.9. The zero-order valence-electron chi connectivity index (χ0n) is 47.6. The molecule has 4 rings (SSSR count). The first-order valence-corrected chi connectivity index (χ1v) is 26.8. The molecule has 1 unspecified atom stereocenters. The number of rotatable bonds is 15. The average Bonchev–Trinajstić information content (AvgIpc) is 3.42. The van der Waals surface area contributed by atoms with Gasteiger partial charge in [0.2, 0.25) is 0 Å². The molecule has 4 heterocycles. The summed E-state index contributed by atoms with van der Waals surface area (Å²) in [6.45, 7) is 31.5. The van der Waals surface area contributed by atoms with Gasteiger partial charge in [0.1, 0.15) is 49.3 Å². The lowest BCUT2D eigenvalue weighted by Crippen LogP contribution is -2.59. The number of ketones is 1. The van der Waals surface area contributed by atoms with Crippen LogP contribution in [0.25, 0.3) is 0 Å². The smallest absolute Gasteiger partial charge is 0.311 e. The van der Waals surface area contributed by atoms with Gasteiger partial charge in [-0.25, -0.2) is 0 Å². The number of aliphatic hydroxyl groups excluding tert-OH is 2. The fraction of sp³-hybridized carbons (Fsp3) is 0.926. The highest BCUT2D eigenvalue weighted by molar-refractivity contribution is 5.90. The maximum Gasteiger partial charge on any atom is 0.311 e. The van der Waals surface area contributed by atoms with Gasteiger partial charge in [0.05, 0.1) is 54.7 Å². The number of carbonyl (C=O) groups excluding carboxylic acids is 3. The lowest BCUT2D eigenvalue weighted by Gasteiger charge is -2.44. The van der Waals surface area contributed by atoms with Crippen LogP contribution < -0.4 is 0 Å². The summed E-state index contributed by atoms with van der Waals surface area (Å²) in [6.07, 6.45) is -11.9. The highest BCUT2D eigenvalue weighted by Crippen LogP contribution is 2.40. The third kappa shape index (κ3) is 16.8. The molecular weight excluding hydrogens is 949 g/mol. The number of hydrogen-bond donors (Lipinski definition) is 3. The summed E-state index contributed by atoms with van der Waals surface area (Å²) in [5, 5.41) is 39.1. The van der Waals surface area contributed by atoms with Crippen molar-refractivity contribution in [3.8, 4) is 0 Å². The molecule has 4 aliphatic rings. The first-order valence-electron chi connectivity index (χ1n) is 26.8. The van der Waals surface area contributed by atoms with Crippen LogP contribution in [0.4, 0.5) is 0 Å². The Bertz CT molecular complexity index is 1780. The van der Waals surface area contributed by atoms with Crippen LogP contribution in [0.15, 0.2) is 5.16 Å². The number of nitrogens with zero attached hydrogens (tertiary/aromatic N) is 2. The van der Waals surface area contributed by atoms with Crippen LogP contribution in [0.5, 0.6) is 0 Å². The van der Waals surface area contributed by atoms with Crippen LogP contribution in [0.1, 0.15) is 136 Å². The average molecular weight is 1050 g/mol. The molecule has 4 aliphatic heterocycles. The molecule has 0 aromatic rings. The molecular formula is C54H96N2O17. The molecule has 19 heteroatoms. The molecule has 0 aliphatic carbocycles. The summed E-state index contributed by atoms with van der Waals surface area (Å²) in [5.41, 5.74) is -1.69. The number of methoxy groups -OCH3 is 2. The summed E-state index contributed by atoms with van der Waals surface area (Å²) < 4.78 is 63.7. The Labute approximate surface area is 436 Å². The number of Topliss-reactive ketones (excluding diaryl/α,β-unsaturated/α-hetero) is 1. The van der Waals surface area contributed by atoms with E-state index in [1.165, 1.54) is 28.3 Å². The van der Waals surface area contributed by atoms with Gasteiger partial charge in [-0.3, -0.25) is 19.3 Å². The predicted molar refractivity (Wildman–Crippen MR) is 271 cm³/mol. The van der Waals surface area contributed by atoms with Crippen molar-refractivity contribution in [2.24, 2.45) is 52.0 Å². The molecule has 3 N–H and O–H groups in total. The Morgan fingerprint density at radius 2 is 1.47 bits per heavy atom. The van der Waals surface area contributed by atoms with E-state index in [9.17, 15) is 24.9 Å². The highest BCUT2D eigenvalue weighted by atomic mass is 16.7. The Balaban J connectivity index is 1.89.